The highest BCUT2D eigenvalue weighted by Gasteiger charge is 2.19. The van der Waals surface area contributed by atoms with Gasteiger partial charge in [0.2, 0.25) is 0 Å². The molecule has 2 aromatic carbocycles. The SMILES string of the molecule is [B]Cc1ccc(-c2cc(F)c(-c3ccc(C)s3)c(F)c2C)cc1. The van der Waals surface area contributed by atoms with Crippen LogP contribution in [0.25, 0.3) is 21.6 Å². The average molecular weight is 324 g/mol. The van der Waals surface area contributed by atoms with Gasteiger partial charge in [0, 0.05) is 9.75 Å². The maximum absolute atomic E-state index is 14.8. The van der Waals surface area contributed by atoms with E-state index in [1.165, 1.54) is 17.4 Å². The van der Waals surface area contributed by atoms with Crippen LogP contribution in [-0.4, -0.2) is 7.85 Å². The predicted molar refractivity (Wildman–Crippen MR) is 94.0 cm³/mol. The molecule has 0 unspecified atom stereocenters. The molecule has 0 atom stereocenters. The Labute approximate surface area is 140 Å². The molecule has 0 bridgehead atoms. The number of benzene rings is 2. The molecule has 0 fully saturated rings. The quantitative estimate of drug-likeness (QED) is 0.547. The van der Waals surface area contributed by atoms with E-state index in [-0.39, 0.29) is 5.56 Å². The molecule has 3 rings (SSSR count). The Kier molecular flexibility index (Phi) is 4.36. The topological polar surface area (TPSA) is 0 Å². The van der Waals surface area contributed by atoms with Crippen molar-refractivity contribution in [1.29, 1.82) is 0 Å². The maximum Gasteiger partial charge on any atom is 0.138 e. The van der Waals surface area contributed by atoms with Gasteiger partial charge in [-0.1, -0.05) is 36.1 Å². The molecule has 0 aliphatic heterocycles. The smallest absolute Gasteiger partial charge is 0.138 e. The molecule has 114 valence electrons. The molecule has 1 heterocycles. The lowest BCUT2D eigenvalue weighted by atomic mass is 9.93. The molecule has 4 heteroatoms. The number of thiophene rings is 1. The standard InChI is InChI=1S/C19H15BF2S/c1-11-3-8-17(23-11)18-16(21)9-15(12(2)19(18)22)14-6-4-13(10-20)5-7-14/h3-9H,10H2,1-2H3. The summed E-state index contributed by atoms with van der Waals surface area (Å²) < 4.78 is 29.4. The van der Waals surface area contributed by atoms with E-state index in [0.29, 0.717) is 22.3 Å². The second kappa shape index (κ2) is 6.28. The third-order valence-corrected chi connectivity index (χ3v) is 4.97. The monoisotopic (exact) mass is 324 g/mol. The van der Waals surface area contributed by atoms with Crippen molar-refractivity contribution in [2.75, 3.05) is 0 Å². The van der Waals surface area contributed by atoms with E-state index in [1.807, 2.05) is 37.3 Å². The highest BCUT2D eigenvalue weighted by Crippen LogP contribution is 2.37. The first-order valence-corrected chi connectivity index (χ1v) is 8.17. The number of rotatable bonds is 3. The van der Waals surface area contributed by atoms with Gasteiger partial charge in [-0.05, 0) is 48.7 Å². The van der Waals surface area contributed by atoms with Crippen molar-refractivity contribution in [3.05, 3.63) is 70.1 Å². The Balaban J connectivity index is 2.13. The lowest BCUT2D eigenvalue weighted by Crippen LogP contribution is -1.96. The summed E-state index contributed by atoms with van der Waals surface area (Å²) >= 11 is 1.39. The summed E-state index contributed by atoms with van der Waals surface area (Å²) in [6.45, 7) is 3.61. The van der Waals surface area contributed by atoms with Crippen molar-refractivity contribution < 1.29 is 8.78 Å². The Hall–Kier alpha value is -1.94. The normalized spacial score (nSPS) is 11.0. The minimum absolute atomic E-state index is 0.0583. The third kappa shape index (κ3) is 2.96. The first kappa shape index (κ1) is 15.9. The zero-order chi connectivity index (χ0) is 16.6. The van der Waals surface area contributed by atoms with E-state index < -0.39 is 11.6 Å². The zero-order valence-electron chi connectivity index (χ0n) is 13.0. The van der Waals surface area contributed by atoms with Crippen molar-refractivity contribution >= 4 is 19.2 Å². The van der Waals surface area contributed by atoms with Crippen molar-refractivity contribution in [2.45, 2.75) is 20.2 Å². The highest BCUT2D eigenvalue weighted by atomic mass is 32.1. The first-order chi connectivity index (χ1) is 11.0. The molecule has 0 nitrogen and oxygen atoms in total. The second-order valence-electron chi connectivity index (χ2n) is 5.53. The summed E-state index contributed by atoms with van der Waals surface area (Å²) in [5.41, 5.74) is 2.85. The minimum atomic E-state index is -0.534. The van der Waals surface area contributed by atoms with E-state index >= 15 is 0 Å². The summed E-state index contributed by atoms with van der Waals surface area (Å²) in [6.07, 6.45) is 0.443. The summed E-state index contributed by atoms with van der Waals surface area (Å²) in [5.74, 6) is -1.03. The van der Waals surface area contributed by atoms with Crippen molar-refractivity contribution in [3.8, 4) is 21.6 Å². The van der Waals surface area contributed by atoms with Gasteiger partial charge in [0.1, 0.15) is 11.6 Å². The lowest BCUT2D eigenvalue weighted by Gasteiger charge is -2.12. The Morgan fingerprint density at radius 3 is 2.26 bits per heavy atom. The molecular weight excluding hydrogens is 309 g/mol. The van der Waals surface area contributed by atoms with Gasteiger partial charge in [0.15, 0.2) is 0 Å². The lowest BCUT2D eigenvalue weighted by molar-refractivity contribution is 0.585. The minimum Gasteiger partial charge on any atom is -0.206 e. The molecule has 2 radical (unpaired) electrons. The Morgan fingerprint density at radius 2 is 1.70 bits per heavy atom. The Bertz CT molecular complexity index is 851. The van der Waals surface area contributed by atoms with Gasteiger partial charge >= 0.3 is 0 Å². The average Bonchev–Trinajstić information content (AvgIpc) is 2.97. The second-order valence-corrected chi connectivity index (χ2v) is 6.82. The van der Waals surface area contributed by atoms with Crippen LogP contribution in [0.4, 0.5) is 8.78 Å². The van der Waals surface area contributed by atoms with Crippen LogP contribution in [0.3, 0.4) is 0 Å². The molecule has 0 amide bonds. The van der Waals surface area contributed by atoms with Gasteiger partial charge in [-0.15, -0.1) is 11.3 Å². The molecule has 0 saturated heterocycles. The van der Waals surface area contributed by atoms with E-state index in [1.54, 1.807) is 13.0 Å². The van der Waals surface area contributed by atoms with Crippen LogP contribution >= 0.6 is 11.3 Å². The molecule has 1 aromatic heterocycles. The van der Waals surface area contributed by atoms with Crippen molar-refractivity contribution in [2.24, 2.45) is 0 Å². The van der Waals surface area contributed by atoms with Gasteiger partial charge in [-0.2, -0.15) is 0 Å². The van der Waals surface area contributed by atoms with Crippen LogP contribution in [0.5, 0.6) is 0 Å². The van der Waals surface area contributed by atoms with E-state index in [0.717, 1.165) is 16.0 Å². The van der Waals surface area contributed by atoms with Crippen LogP contribution in [0.1, 0.15) is 16.0 Å². The fraction of sp³-hybridized carbons (Fsp3) is 0.158. The van der Waals surface area contributed by atoms with Crippen molar-refractivity contribution in [3.63, 3.8) is 0 Å². The van der Waals surface area contributed by atoms with Crippen LogP contribution in [0, 0.1) is 25.5 Å². The summed E-state index contributed by atoms with van der Waals surface area (Å²) in [7, 11) is 5.58. The van der Waals surface area contributed by atoms with E-state index in [2.05, 4.69) is 0 Å². The highest BCUT2D eigenvalue weighted by molar-refractivity contribution is 7.15. The van der Waals surface area contributed by atoms with Gasteiger partial charge < -0.3 is 0 Å². The molecule has 3 aromatic rings. The molecule has 0 aliphatic carbocycles. The molecular formula is C19H15BF2S. The third-order valence-electron chi connectivity index (χ3n) is 3.95. The number of hydrogen-bond acceptors (Lipinski definition) is 1. The van der Waals surface area contributed by atoms with Crippen LogP contribution in [0.15, 0.2) is 42.5 Å². The summed E-state index contributed by atoms with van der Waals surface area (Å²) in [6, 6.07) is 12.5. The fourth-order valence-corrected chi connectivity index (χ4v) is 3.54. The van der Waals surface area contributed by atoms with Gasteiger partial charge in [-0.3, -0.25) is 0 Å². The molecule has 0 aliphatic rings. The van der Waals surface area contributed by atoms with Crippen molar-refractivity contribution in [1.82, 2.24) is 0 Å². The predicted octanol–water partition coefficient (Wildman–Crippen LogP) is 5.65. The van der Waals surface area contributed by atoms with Gasteiger partial charge in [0.05, 0.1) is 13.4 Å². The number of aryl methyl sites for hydroxylation is 1. The molecule has 0 saturated carbocycles. The fourth-order valence-electron chi connectivity index (χ4n) is 2.63. The summed E-state index contributed by atoms with van der Waals surface area (Å²) in [4.78, 5) is 1.64. The summed E-state index contributed by atoms with van der Waals surface area (Å²) in [5, 5.41) is 0. The zero-order valence-corrected chi connectivity index (χ0v) is 13.8. The van der Waals surface area contributed by atoms with E-state index in [4.69, 9.17) is 7.85 Å². The molecule has 0 N–H and O–H groups in total. The van der Waals surface area contributed by atoms with E-state index in [9.17, 15) is 8.78 Å². The first-order valence-electron chi connectivity index (χ1n) is 7.36. The maximum atomic E-state index is 14.8. The van der Waals surface area contributed by atoms with Crippen LogP contribution in [0.2, 0.25) is 0 Å². The van der Waals surface area contributed by atoms with Gasteiger partial charge in [-0.25, -0.2) is 8.78 Å². The van der Waals surface area contributed by atoms with Crippen LogP contribution < -0.4 is 0 Å². The molecule has 23 heavy (non-hydrogen) atoms. The Morgan fingerprint density at radius 1 is 1.00 bits per heavy atom. The number of halogens is 2. The molecule has 0 spiro atoms. The van der Waals surface area contributed by atoms with Crippen LogP contribution in [-0.2, 0) is 6.32 Å². The number of hydrogen-bond donors (Lipinski definition) is 0. The van der Waals surface area contributed by atoms with Gasteiger partial charge in [0.25, 0.3) is 0 Å². The largest absolute Gasteiger partial charge is 0.206 e.